The molecule has 4 nitrogen and oxygen atoms in total. The van der Waals surface area contributed by atoms with Gasteiger partial charge in [0.05, 0.1) is 0 Å². The van der Waals surface area contributed by atoms with Gasteiger partial charge in [-0.2, -0.15) is 0 Å². The van der Waals surface area contributed by atoms with Gasteiger partial charge in [0.25, 0.3) is 5.91 Å². The molecule has 0 unspecified atom stereocenters. The largest absolute Gasteiger partial charge is 0.352 e. The first-order valence-corrected chi connectivity index (χ1v) is 4.78. The molecule has 2 N–H and O–H groups in total. The van der Waals surface area contributed by atoms with E-state index >= 15 is 0 Å². The van der Waals surface area contributed by atoms with Crippen LogP contribution in [0.3, 0.4) is 0 Å². The highest BCUT2D eigenvalue weighted by atomic mass is 16.1. The summed E-state index contributed by atoms with van der Waals surface area (Å²) >= 11 is 0. The number of carbonyl (C=O) groups excluding carboxylic acids is 2. The van der Waals surface area contributed by atoms with Crippen molar-refractivity contribution in [3.05, 3.63) is 29.3 Å². The molecule has 0 aliphatic carbocycles. The molecular formula is C11H14N2O2. The van der Waals surface area contributed by atoms with Crippen molar-refractivity contribution in [2.75, 3.05) is 11.9 Å². The lowest BCUT2D eigenvalue weighted by atomic mass is 10.1. The van der Waals surface area contributed by atoms with Crippen molar-refractivity contribution in [3.8, 4) is 0 Å². The lowest BCUT2D eigenvalue weighted by Crippen LogP contribution is -2.22. The van der Waals surface area contributed by atoms with E-state index in [9.17, 15) is 9.59 Å². The van der Waals surface area contributed by atoms with E-state index in [4.69, 9.17) is 0 Å². The first-order valence-electron chi connectivity index (χ1n) is 4.78. The first-order chi connectivity index (χ1) is 7.19. The minimum atomic E-state index is -0.133. The Labute approximate surface area is 88.7 Å². The lowest BCUT2D eigenvalue weighted by molar-refractivity contribution is -0.105. The van der Waals surface area contributed by atoms with Crippen LogP contribution in [0, 0.1) is 6.92 Å². The quantitative estimate of drug-likeness (QED) is 0.730. The van der Waals surface area contributed by atoms with E-state index in [-0.39, 0.29) is 5.91 Å². The zero-order valence-electron chi connectivity index (χ0n) is 8.83. The highest BCUT2D eigenvalue weighted by Gasteiger charge is 2.06. The number of carbonyl (C=O) groups is 2. The van der Waals surface area contributed by atoms with Crippen molar-refractivity contribution in [1.82, 2.24) is 5.32 Å². The molecule has 0 saturated heterocycles. The van der Waals surface area contributed by atoms with Crippen LogP contribution in [0.4, 0.5) is 5.69 Å². The zero-order chi connectivity index (χ0) is 11.3. The number of hydrogen-bond acceptors (Lipinski definition) is 2. The molecule has 0 saturated carbocycles. The van der Waals surface area contributed by atoms with Crippen molar-refractivity contribution in [2.45, 2.75) is 13.8 Å². The van der Waals surface area contributed by atoms with Gasteiger partial charge >= 0.3 is 0 Å². The molecule has 0 atom stereocenters. The summed E-state index contributed by atoms with van der Waals surface area (Å²) in [7, 11) is 0. The van der Waals surface area contributed by atoms with E-state index < -0.39 is 0 Å². The van der Waals surface area contributed by atoms with Gasteiger partial charge < -0.3 is 10.6 Å². The Morgan fingerprint density at radius 3 is 2.80 bits per heavy atom. The Bertz CT molecular complexity index is 375. The van der Waals surface area contributed by atoms with Crippen LogP contribution in [0.5, 0.6) is 0 Å². The van der Waals surface area contributed by atoms with Crippen molar-refractivity contribution in [1.29, 1.82) is 0 Å². The molecule has 0 fully saturated rings. The van der Waals surface area contributed by atoms with Crippen LogP contribution < -0.4 is 10.6 Å². The molecule has 80 valence electrons. The number of anilines is 1. The topological polar surface area (TPSA) is 58.2 Å². The van der Waals surface area contributed by atoms with Crippen LogP contribution >= 0.6 is 0 Å². The summed E-state index contributed by atoms with van der Waals surface area (Å²) in [6.07, 6.45) is 0.601. The fourth-order valence-electron chi connectivity index (χ4n) is 1.24. The second-order valence-electron chi connectivity index (χ2n) is 3.15. The molecule has 0 bridgehead atoms. The molecule has 0 heterocycles. The number of nitrogens with one attached hydrogen (secondary N) is 2. The van der Waals surface area contributed by atoms with E-state index in [0.717, 1.165) is 5.56 Å². The summed E-state index contributed by atoms with van der Waals surface area (Å²) in [5.41, 5.74) is 2.13. The maximum absolute atomic E-state index is 11.5. The fraction of sp³-hybridized carbons (Fsp3) is 0.273. The number of aryl methyl sites for hydroxylation is 1. The summed E-state index contributed by atoms with van der Waals surface area (Å²) in [5.74, 6) is -0.133. The van der Waals surface area contributed by atoms with Crippen molar-refractivity contribution >= 4 is 18.0 Å². The van der Waals surface area contributed by atoms with Crippen LogP contribution in [-0.4, -0.2) is 18.9 Å². The Hall–Kier alpha value is -1.84. The number of rotatable bonds is 4. The van der Waals surface area contributed by atoms with E-state index in [0.29, 0.717) is 24.2 Å². The van der Waals surface area contributed by atoms with E-state index in [1.807, 2.05) is 13.8 Å². The van der Waals surface area contributed by atoms with Crippen molar-refractivity contribution in [3.63, 3.8) is 0 Å². The fourth-order valence-corrected chi connectivity index (χ4v) is 1.24. The third kappa shape index (κ3) is 2.80. The van der Waals surface area contributed by atoms with Gasteiger partial charge in [0, 0.05) is 17.8 Å². The van der Waals surface area contributed by atoms with Crippen LogP contribution in [0.1, 0.15) is 22.8 Å². The van der Waals surface area contributed by atoms with Gasteiger partial charge in [0.1, 0.15) is 0 Å². The predicted octanol–water partition coefficient (Wildman–Crippen LogP) is 1.31. The smallest absolute Gasteiger partial charge is 0.251 e. The number of amides is 2. The van der Waals surface area contributed by atoms with Gasteiger partial charge in [-0.15, -0.1) is 0 Å². The summed E-state index contributed by atoms with van der Waals surface area (Å²) in [6.45, 7) is 4.31. The molecule has 2 amide bonds. The van der Waals surface area contributed by atoms with Crippen molar-refractivity contribution < 1.29 is 9.59 Å². The molecule has 4 heteroatoms. The molecule has 15 heavy (non-hydrogen) atoms. The molecule has 0 radical (unpaired) electrons. The third-order valence-electron chi connectivity index (χ3n) is 2.05. The summed E-state index contributed by atoms with van der Waals surface area (Å²) in [6, 6.07) is 5.20. The van der Waals surface area contributed by atoms with E-state index in [2.05, 4.69) is 10.6 Å². The van der Waals surface area contributed by atoms with Gasteiger partial charge in [-0.25, -0.2) is 0 Å². The molecule has 0 aliphatic rings. The maximum atomic E-state index is 11.5. The highest BCUT2D eigenvalue weighted by molar-refractivity contribution is 5.95. The predicted molar refractivity (Wildman–Crippen MR) is 58.9 cm³/mol. The van der Waals surface area contributed by atoms with Crippen molar-refractivity contribution in [2.24, 2.45) is 0 Å². The first kappa shape index (κ1) is 11.2. The summed E-state index contributed by atoms with van der Waals surface area (Å²) < 4.78 is 0. The molecule has 0 aliphatic heterocycles. The molecule has 0 aromatic heterocycles. The standard InChI is InChI=1S/C11H14N2O2/c1-3-12-11(15)9-5-4-8(2)10(6-9)13-7-14/h4-7H,3H2,1-2H3,(H,12,15)(H,13,14). The Kier molecular flexibility index (Phi) is 3.85. The molecule has 1 aromatic carbocycles. The monoisotopic (exact) mass is 206 g/mol. The molecule has 1 rings (SSSR count). The van der Waals surface area contributed by atoms with E-state index in [1.54, 1.807) is 18.2 Å². The SMILES string of the molecule is CCNC(=O)c1ccc(C)c(NC=O)c1. The van der Waals surface area contributed by atoms with Crippen LogP contribution in [-0.2, 0) is 4.79 Å². The Balaban J connectivity index is 2.96. The lowest BCUT2D eigenvalue weighted by Gasteiger charge is -2.07. The van der Waals surface area contributed by atoms with Crippen LogP contribution in [0.2, 0.25) is 0 Å². The Morgan fingerprint density at radius 2 is 2.20 bits per heavy atom. The van der Waals surface area contributed by atoms with Crippen LogP contribution in [0.25, 0.3) is 0 Å². The highest BCUT2D eigenvalue weighted by Crippen LogP contribution is 2.15. The Morgan fingerprint density at radius 1 is 1.47 bits per heavy atom. The van der Waals surface area contributed by atoms with Gasteiger partial charge in [-0.1, -0.05) is 6.07 Å². The van der Waals surface area contributed by atoms with Gasteiger partial charge in [0.15, 0.2) is 0 Å². The number of benzene rings is 1. The van der Waals surface area contributed by atoms with E-state index in [1.165, 1.54) is 0 Å². The second kappa shape index (κ2) is 5.14. The molecule has 1 aromatic rings. The van der Waals surface area contributed by atoms with Gasteiger partial charge in [-0.05, 0) is 31.5 Å². The van der Waals surface area contributed by atoms with Crippen LogP contribution in [0.15, 0.2) is 18.2 Å². The second-order valence-corrected chi connectivity index (χ2v) is 3.15. The zero-order valence-corrected chi connectivity index (χ0v) is 8.83. The summed E-state index contributed by atoms with van der Waals surface area (Å²) in [5, 5.41) is 5.25. The normalized spacial score (nSPS) is 9.47. The summed E-state index contributed by atoms with van der Waals surface area (Å²) in [4.78, 5) is 21.8. The number of hydrogen-bond donors (Lipinski definition) is 2. The maximum Gasteiger partial charge on any atom is 0.251 e. The molecule has 0 spiro atoms. The van der Waals surface area contributed by atoms with Gasteiger partial charge in [0.2, 0.25) is 6.41 Å². The third-order valence-corrected chi connectivity index (χ3v) is 2.05. The minimum absolute atomic E-state index is 0.133. The van der Waals surface area contributed by atoms with Gasteiger partial charge in [-0.3, -0.25) is 9.59 Å². The molecular weight excluding hydrogens is 192 g/mol. The average Bonchev–Trinajstić information content (AvgIpc) is 2.22. The minimum Gasteiger partial charge on any atom is -0.352 e. The average molecular weight is 206 g/mol.